The van der Waals surface area contributed by atoms with Crippen molar-refractivity contribution >= 4 is 29.2 Å². The highest BCUT2D eigenvalue weighted by Crippen LogP contribution is 2.30. The zero-order chi connectivity index (χ0) is 17.1. The average molecular weight is 318 g/mol. The van der Waals surface area contributed by atoms with Crippen LogP contribution in [0.5, 0.6) is 5.75 Å². The summed E-state index contributed by atoms with van der Waals surface area (Å²) in [4.78, 5) is 38.3. The molecule has 1 heterocycles. The number of hydrogen-bond donors (Lipinski definition) is 0. The van der Waals surface area contributed by atoms with Crippen LogP contribution < -0.4 is 4.74 Å². The maximum absolute atomic E-state index is 12.2. The van der Waals surface area contributed by atoms with Crippen LogP contribution in [0, 0.1) is 16.0 Å². The first-order valence-electron chi connectivity index (χ1n) is 6.60. The summed E-state index contributed by atoms with van der Waals surface area (Å²) in [5, 5.41) is 11.0. The van der Waals surface area contributed by atoms with E-state index in [4.69, 9.17) is 4.74 Å². The predicted octanol–water partition coefficient (Wildman–Crippen LogP) is 1.78. The van der Waals surface area contributed by atoms with E-state index >= 15 is 0 Å². The van der Waals surface area contributed by atoms with Gasteiger partial charge in [-0.25, -0.2) is 0 Å². The number of esters is 1. The van der Waals surface area contributed by atoms with Crippen LogP contribution in [0.3, 0.4) is 0 Å². The highest BCUT2D eigenvalue weighted by atomic mass is 16.6. The SMILES string of the molecule is COC(=O)C1C(=O)/C(=C\c2ccc(OC)c([N+](=O)[O-])c2)N=C1C. The van der Waals surface area contributed by atoms with Crippen LogP contribution >= 0.6 is 0 Å². The molecule has 1 aromatic carbocycles. The largest absolute Gasteiger partial charge is 0.490 e. The van der Waals surface area contributed by atoms with Gasteiger partial charge in [0.15, 0.2) is 11.7 Å². The summed E-state index contributed by atoms with van der Waals surface area (Å²) in [6.45, 7) is 1.55. The molecule has 1 aromatic rings. The highest BCUT2D eigenvalue weighted by molar-refractivity contribution is 6.28. The molecule has 1 atom stereocenters. The lowest BCUT2D eigenvalue weighted by atomic mass is 10.0. The van der Waals surface area contributed by atoms with Crippen molar-refractivity contribution in [2.75, 3.05) is 14.2 Å². The Hall–Kier alpha value is -3.03. The topological polar surface area (TPSA) is 108 Å². The van der Waals surface area contributed by atoms with Crippen molar-refractivity contribution in [3.8, 4) is 5.75 Å². The molecule has 0 spiro atoms. The van der Waals surface area contributed by atoms with Gasteiger partial charge in [0.05, 0.1) is 19.1 Å². The van der Waals surface area contributed by atoms with Crippen LogP contribution in [0.25, 0.3) is 6.08 Å². The normalized spacial score (nSPS) is 18.7. The monoisotopic (exact) mass is 318 g/mol. The number of methoxy groups -OCH3 is 2. The van der Waals surface area contributed by atoms with Crippen molar-refractivity contribution in [1.29, 1.82) is 0 Å². The van der Waals surface area contributed by atoms with Crippen LogP contribution in [0.2, 0.25) is 0 Å². The number of ether oxygens (including phenoxy) is 2. The Morgan fingerprint density at radius 2 is 2.09 bits per heavy atom. The molecule has 0 saturated heterocycles. The Bertz CT molecular complexity index is 750. The zero-order valence-electron chi connectivity index (χ0n) is 12.7. The third kappa shape index (κ3) is 3.10. The van der Waals surface area contributed by atoms with E-state index < -0.39 is 22.6 Å². The third-order valence-electron chi connectivity index (χ3n) is 3.37. The molecule has 120 valence electrons. The fraction of sp³-hybridized carbons (Fsp3) is 0.267. The second-order valence-electron chi connectivity index (χ2n) is 4.79. The Morgan fingerprint density at radius 3 is 2.65 bits per heavy atom. The summed E-state index contributed by atoms with van der Waals surface area (Å²) in [6, 6.07) is 4.26. The van der Waals surface area contributed by atoms with Gasteiger partial charge in [0, 0.05) is 11.8 Å². The van der Waals surface area contributed by atoms with E-state index in [1.807, 2.05) is 0 Å². The van der Waals surface area contributed by atoms with E-state index in [-0.39, 0.29) is 17.1 Å². The smallest absolute Gasteiger partial charge is 0.322 e. The van der Waals surface area contributed by atoms with Gasteiger partial charge in [0.1, 0.15) is 5.70 Å². The van der Waals surface area contributed by atoms with Gasteiger partial charge in [-0.05, 0) is 24.6 Å². The summed E-state index contributed by atoms with van der Waals surface area (Å²) in [5.41, 5.74) is 0.564. The van der Waals surface area contributed by atoms with Crippen molar-refractivity contribution in [2.24, 2.45) is 10.9 Å². The molecule has 2 rings (SSSR count). The van der Waals surface area contributed by atoms with Gasteiger partial charge in [-0.1, -0.05) is 6.07 Å². The quantitative estimate of drug-likeness (QED) is 0.275. The molecule has 0 saturated carbocycles. The second-order valence-corrected chi connectivity index (χ2v) is 4.79. The molecular weight excluding hydrogens is 304 g/mol. The molecule has 8 nitrogen and oxygen atoms in total. The number of carbonyl (C=O) groups is 2. The second kappa shape index (κ2) is 6.39. The predicted molar refractivity (Wildman–Crippen MR) is 81.2 cm³/mol. The number of carbonyl (C=O) groups excluding carboxylic acids is 2. The number of hydrogen-bond acceptors (Lipinski definition) is 7. The van der Waals surface area contributed by atoms with Gasteiger partial charge in [0.25, 0.3) is 0 Å². The fourth-order valence-corrected chi connectivity index (χ4v) is 2.24. The van der Waals surface area contributed by atoms with Crippen LogP contribution in [0.1, 0.15) is 12.5 Å². The van der Waals surface area contributed by atoms with Crippen LogP contribution in [0.15, 0.2) is 28.9 Å². The molecule has 0 bridgehead atoms. The Kier molecular flexibility index (Phi) is 4.54. The maximum atomic E-state index is 12.2. The van der Waals surface area contributed by atoms with Gasteiger partial charge >= 0.3 is 11.7 Å². The van der Waals surface area contributed by atoms with E-state index in [1.54, 1.807) is 13.0 Å². The number of Topliss-reactive ketones (excluding diaryl/α,β-unsaturated/α-hetero) is 1. The standard InChI is InChI=1S/C15H14N2O6/c1-8-13(15(19)23-3)14(18)10(16-8)6-9-4-5-12(22-2)11(7-9)17(20)21/h4-7,13H,1-3H3/b10-6+. The molecule has 0 aromatic heterocycles. The lowest BCUT2D eigenvalue weighted by Crippen LogP contribution is -2.27. The van der Waals surface area contributed by atoms with Crippen molar-refractivity contribution in [2.45, 2.75) is 6.92 Å². The average Bonchev–Trinajstić information content (AvgIpc) is 2.80. The van der Waals surface area contributed by atoms with E-state index in [9.17, 15) is 19.7 Å². The Balaban J connectivity index is 2.40. The number of nitrogens with zero attached hydrogens (tertiary/aromatic N) is 2. The Morgan fingerprint density at radius 1 is 1.39 bits per heavy atom. The number of rotatable bonds is 4. The number of aliphatic imine (C=N–C) groups is 1. The number of nitro groups is 1. The molecule has 23 heavy (non-hydrogen) atoms. The number of benzene rings is 1. The number of ketones is 1. The summed E-state index contributed by atoms with van der Waals surface area (Å²) in [7, 11) is 2.52. The van der Waals surface area contributed by atoms with Crippen LogP contribution in [-0.4, -0.2) is 36.6 Å². The molecule has 0 radical (unpaired) electrons. The molecule has 0 aliphatic carbocycles. The molecule has 0 N–H and O–H groups in total. The van der Waals surface area contributed by atoms with Crippen molar-refractivity contribution in [1.82, 2.24) is 0 Å². The van der Waals surface area contributed by atoms with Gasteiger partial charge in [-0.3, -0.25) is 24.7 Å². The molecule has 1 aliphatic rings. The minimum absolute atomic E-state index is 0.0531. The van der Waals surface area contributed by atoms with Crippen LogP contribution in [-0.2, 0) is 14.3 Å². The first kappa shape index (κ1) is 16.3. The van der Waals surface area contributed by atoms with Crippen molar-refractivity contribution < 1.29 is 24.0 Å². The molecular formula is C15H14N2O6. The van der Waals surface area contributed by atoms with Crippen LogP contribution in [0.4, 0.5) is 5.69 Å². The van der Waals surface area contributed by atoms with Gasteiger partial charge in [-0.2, -0.15) is 0 Å². The summed E-state index contributed by atoms with van der Waals surface area (Å²) < 4.78 is 9.50. The van der Waals surface area contributed by atoms with Gasteiger partial charge in [0.2, 0.25) is 5.78 Å². The van der Waals surface area contributed by atoms with Crippen molar-refractivity contribution in [3.05, 3.63) is 39.6 Å². The summed E-state index contributed by atoms with van der Waals surface area (Å²) in [5.74, 6) is -2.12. The third-order valence-corrected chi connectivity index (χ3v) is 3.37. The minimum Gasteiger partial charge on any atom is -0.490 e. The molecule has 0 amide bonds. The molecule has 1 unspecified atom stereocenters. The summed E-state index contributed by atoms with van der Waals surface area (Å²) >= 11 is 0. The van der Waals surface area contributed by atoms with Crippen molar-refractivity contribution in [3.63, 3.8) is 0 Å². The summed E-state index contributed by atoms with van der Waals surface area (Å²) in [6.07, 6.45) is 1.39. The molecule has 8 heteroatoms. The lowest BCUT2D eigenvalue weighted by molar-refractivity contribution is -0.385. The number of nitro benzene ring substituents is 1. The first-order valence-corrected chi connectivity index (χ1v) is 6.60. The van der Waals surface area contributed by atoms with Gasteiger partial charge < -0.3 is 9.47 Å². The fourth-order valence-electron chi connectivity index (χ4n) is 2.24. The lowest BCUT2D eigenvalue weighted by Gasteiger charge is -2.05. The number of allylic oxidation sites excluding steroid dienone is 1. The maximum Gasteiger partial charge on any atom is 0.322 e. The minimum atomic E-state index is -1.06. The molecule has 0 fully saturated rings. The van der Waals surface area contributed by atoms with Gasteiger partial charge in [-0.15, -0.1) is 0 Å². The van der Waals surface area contributed by atoms with E-state index in [2.05, 4.69) is 9.73 Å². The Labute approximate surface area is 131 Å². The van der Waals surface area contributed by atoms with E-state index in [1.165, 1.54) is 32.4 Å². The molecule has 1 aliphatic heterocycles. The highest BCUT2D eigenvalue weighted by Gasteiger charge is 2.37. The van der Waals surface area contributed by atoms with E-state index in [0.717, 1.165) is 0 Å². The zero-order valence-corrected chi connectivity index (χ0v) is 12.7. The van der Waals surface area contributed by atoms with E-state index in [0.29, 0.717) is 11.3 Å². The first-order chi connectivity index (χ1) is 10.9.